The van der Waals surface area contributed by atoms with E-state index in [1.54, 1.807) is 38.5 Å². The summed E-state index contributed by atoms with van der Waals surface area (Å²) in [4.78, 5) is 0. The first kappa shape index (κ1) is 8.32. The van der Waals surface area contributed by atoms with Crippen LogP contribution in [0.1, 0.15) is 51.9 Å². The van der Waals surface area contributed by atoms with E-state index in [-0.39, 0.29) is 0 Å². The van der Waals surface area contributed by atoms with Gasteiger partial charge in [-0.15, -0.1) is 0 Å². The third-order valence-corrected chi connectivity index (χ3v) is 4.82. The van der Waals surface area contributed by atoms with Crippen LogP contribution in [0.2, 0.25) is 0 Å². The van der Waals surface area contributed by atoms with Crippen molar-refractivity contribution in [3.05, 3.63) is 0 Å². The van der Waals surface area contributed by atoms with Gasteiger partial charge < -0.3 is 0 Å². The number of hydrogen-bond donors (Lipinski definition) is 0. The van der Waals surface area contributed by atoms with Gasteiger partial charge in [0.1, 0.15) is 0 Å². The van der Waals surface area contributed by atoms with Crippen LogP contribution in [-0.2, 0) is 0 Å². The fraction of sp³-hybridized carbons (Fsp3) is 1.00. The maximum absolute atomic E-state index is 2.37. The van der Waals surface area contributed by atoms with E-state index in [0.717, 1.165) is 0 Å². The van der Waals surface area contributed by atoms with E-state index in [0.29, 0.717) is 0 Å². The molecule has 13 heavy (non-hydrogen) atoms. The molecule has 0 aliphatic heterocycles. The Morgan fingerprint density at radius 3 is 2.31 bits per heavy atom. The highest BCUT2D eigenvalue weighted by Gasteiger charge is 2.57. The van der Waals surface area contributed by atoms with Crippen molar-refractivity contribution < 1.29 is 0 Å². The molecule has 0 spiro atoms. The second-order valence-corrected chi connectivity index (χ2v) is 5.63. The van der Waals surface area contributed by atoms with Crippen LogP contribution in [0.5, 0.6) is 0 Å². The Morgan fingerprint density at radius 2 is 1.77 bits per heavy atom. The summed E-state index contributed by atoms with van der Waals surface area (Å²) in [5, 5.41) is 0. The first-order chi connectivity index (χ1) is 6.42. The molecule has 0 N–H and O–H groups in total. The van der Waals surface area contributed by atoms with E-state index < -0.39 is 0 Å². The summed E-state index contributed by atoms with van der Waals surface area (Å²) >= 11 is 0. The van der Waals surface area contributed by atoms with Crippen LogP contribution in [0.15, 0.2) is 0 Å². The standard InChI is InChI=1S/C13H22/c1-2-4-10(9-7-8-9)13-11-5-3-6-12(11)13/h9-13H,2-8H2,1H3. The highest BCUT2D eigenvalue weighted by Crippen LogP contribution is 2.64. The van der Waals surface area contributed by atoms with Gasteiger partial charge in [0.2, 0.25) is 0 Å². The predicted molar refractivity (Wildman–Crippen MR) is 55.4 cm³/mol. The molecule has 3 rings (SSSR count). The smallest absolute Gasteiger partial charge is 0.0321 e. The highest BCUT2D eigenvalue weighted by atomic mass is 14.6. The number of fused-ring (bicyclic) bond motifs is 1. The molecule has 0 nitrogen and oxygen atoms in total. The van der Waals surface area contributed by atoms with E-state index in [4.69, 9.17) is 0 Å². The van der Waals surface area contributed by atoms with Crippen molar-refractivity contribution in [2.75, 3.05) is 0 Å². The molecular formula is C13H22. The zero-order valence-corrected chi connectivity index (χ0v) is 8.84. The fourth-order valence-corrected chi connectivity index (χ4v) is 4.11. The van der Waals surface area contributed by atoms with Crippen molar-refractivity contribution in [1.29, 1.82) is 0 Å². The normalized spacial score (nSPS) is 44.5. The van der Waals surface area contributed by atoms with Gasteiger partial charge in [0.05, 0.1) is 0 Å². The quantitative estimate of drug-likeness (QED) is 0.613. The average Bonchev–Trinajstić information content (AvgIpc) is 3.04. The molecule has 3 saturated carbocycles. The van der Waals surface area contributed by atoms with Crippen LogP contribution in [0.4, 0.5) is 0 Å². The molecule has 3 atom stereocenters. The van der Waals surface area contributed by atoms with Crippen molar-refractivity contribution in [1.82, 2.24) is 0 Å². The van der Waals surface area contributed by atoms with Gasteiger partial charge in [-0.3, -0.25) is 0 Å². The molecule has 3 fully saturated rings. The molecule has 0 heteroatoms. The lowest BCUT2D eigenvalue weighted by Gasteiger charge is -2.17. The maximum atomic E-state index is 2.37. The molecule has 0 saturated heterocycles. The van der Waals surface area contributed by atoms with Crippen molar-refractivity contribution in [2.24, 2.45) is 29.6 Å². The Balaban J connectivity index is 1.62. The summed E-state index contributed by atoms with van der Waals surface area (Å²) in [5.41, 5.74) is 0. The van der Waals surface area contributed by atoms with Gasteiger partial charge in [-0.1, -0.05) is 26.2 Å². The van der Waals surface area contributed by atoms with Gasteiger partial charge in [-0.05, 0) is 55.3 Å². The summed E-state index contributed by atoms with van der Waals surface area (Å²) in [6, 6.07) is 0. The largest absolute Gasteiger partial charge is 0.0654 e. The number of rotatable bonds is 4. The van der Waals surface area contributed by atoms with Crippen molar-refractivity contribution in [2.45, 2.75) is 51.9 Å². The van der Waals surface area contributed by atoms with Crippen molar-refractivity contribution >= 4 is 0 Å². The minimum atomic E-state index is 1.17. The lowest BCUT2D eigenvalue weighted by molar-refractivity contribution is 0.327. The summed E-state index contributed by atoms with van der Waals surface area (Å²) in [6.45, 7) is 2.37. The molecule has 3 aliphatic carbocycles. The monoisotopic (exact) mass is 178 g/mol. The Bertz CT molecular complexity index is 182. The Kier molecular flexibility index (Phi) is 1.92. The summed E-state index contributed by atoms with van der Waals surface area (Å²) in [5.74, 6) is 5.96. The first-order valence-corrected chi connectivity index (χ1v) is 6.42. The zero-order chi connectivity index (χ0) is 8.84. The van der Waals surface area contributed by atoms with Gasteiger partial charge in [0, 0.05) is 0 Å². The minimum Gasteiger partial charge on any atom is -0.0654 e. The second kappa shape index (κ2) is 3.00. The molecule has 0 aromatic rings. The molecule has 74 valence electrons. The van der Waals surface area contributed by atoms with Gasteiger partial charge in [-0.25, -0.2) is 0 Å². The molecule has 3 aliphatic rings. The molecule has 3 unspecified atom stereocenters. The molecule has 0 amide bonds. The van der Waals surface area contributed by atoms with E-state index in [2.05, 4.69) is 6.92 Å². The van der Waals surface area contributed by atoms with Gasteiger partial charge in [-0.2, -0.15) is 0 Å². The van der Waals surface area contributed by atoms with Crippen molar-refractivity contribution in [3.63, 3.8) is 0 Å². The van der Waals surface area contributed by atoms with E-state index in [1.165, 1.54) is 36.0 Å². The molecule has 0 radical (unpaired) electrons. The van der Waals surface area contributed by atoms with Crippen LogP contribution in [-0.4, -0.2) is 0 Å². The summed E-state index contributed by atoms with van der Waals surface area (Å²) < 4.78 is 0. The third-order valence-electron chi connectivity index (χ3n) is 4.82. The maximum Gasteiger partial charge on any atom is -0.0321 e. The van der Waals surface area contributed by atoms with Gasteiger partial charge in [0.25, 0.3) is 0 Å². The molecule has 0 aromatic carbocycles. The predicted octanol–water partition coefficient (Wildman–Crippen LogP) is 3.86. The Morgan fingerprint density at radius 1 is 1.08 bits per heavy atom. The Labute approximate surface area is 82.1 Å². The molecular weight excluding hydrogens is 156 g/mol. The molecule has 0 aromatic heterocycles. The molecule has 0 bridgehead atoms. The van der Waals surface area contributed by atoms with Crippen LogP contribution in [0.25, 0.3) is 0 Å². The fourth-order valence-electron chi connectivity index (χ4n) is 4.11. The van der Waals surface area contributed by atoms with Crippen LogP contribution in [0, 0.1) is 29.6 Å². The van der Waals surface area contributed by atoms with E-state index in [1.807, 2.05) is 0 Å². The zero-order valence-electron chi connectivity index (χ0n) is 8.84. The van der Waals surface area contributed by atoms with Gasteiger partial charge in [0.15, 0.2) is 0 Å². The number of hydrogen-bond acceptors (Lipinski definition) is 0. The Hall–Kier alpha value is 0. The third kappa shape index (κ3) is 1.33. The highest BCUT2D eigenvalue weighted by molar-refractivity contribution is 5.06. The lowest BCUT2D eigenvalue weighted by atomic mass is 9.88. The van der Waals surface area contributed by atoms with E-state index in [9.17, 15) is 0 Å². The summed E-state index contributed by atoms with van der Waals surface area (Å²) in [6.07, 6.45) is 10.8. The average molecular weight is 178 g/mol. The minimum absolute atomic E-state index is 1.17. The first-order valence-electron chi connectivity index (χ1n) is 6.42. The summed E-state index contributed by atoms with van der Waals surface area (Å²) in [7, 11) is 0. The SMILES string of the molecule is CCCC(C1CC1)C1C2CCCC21. The topological polar surface area (TPSA) is 0 Å². The molecule has 0 heterocycles. The van der Waals surface area contributed by atoms with E-state index >= 15 is 0 Å². The van der Waals surface area contributed by atoms with Gasteiger partial charge >= 0.3 is 0 Å². The lowest BCUT2D eigenvalue weighted by Crippen LogP contribution is -2.09. The van der Waals surface area contributed by atoms with Crippen molar-refractivity contribution in [3.8, 4) is 0 Å². The van der Waals surface area contributed by atoms with Crippen LogP contribution >= 0.6 is 0 Å². The van der Waals surface area contributed by atoms with Crippen LogP contribution in [0.3, 0.4) is 0 Å². The second-order valence-electron chi connectivity index (χ2n) is 5.63. The van der Waals surface area contributed by atoms with Crippen LogP contribution < -0.4 is 0 Å².